The number of amides is 8. The Balaban J connectivity index is 0.000000153. The summed E-state index contributed by atoms with van der Waals surface area (Å²) in [4.78, 5) is 102. The highest BCUT2D eigenvalue weighted by Crippen LogP contribution is 2.44. The van der Waals surface area contributed by atoms with Gasteiger partial charge in [-0.05, 0) is 43.5 Å². The van der Waals surface area contributed by atoms with E-state index in [0.717, 1.165) is 20.3 Å². The van der Waals surface area contributed by atoms with Gasteiger partial charge >= 0.3 is 0 Å². The lowest BCUT2D eigenvalue weighted by Crippen LogP contribution is -2.40. The second-order valence-corrected chi connectivity index (χ2v) is 11.6. The average molecular weight is 585 g/mol. The van der Waals surface area contributed by atoms with Crippen LogP contribution in [0.25, 0.3) is 10.8 Å². The van der Waals surface area contributed by atoms with Gasteiger partial charge in [0.1, 0.15) is 0 Å². The van der Waals surface area contributed by atoms with Crippen LogP contribution in [-0.4, -0.2) is 95.0 Å². The molecule has 0 saturated carbocycles. The van der Waals surface area contributed by atoms with Crippen LogP contribution in [0.2, 0.25) is 0 Å². The maximum Gasteiger partial charge on any atom is 0.261 e. The van der Waals surface area contributed by atoms with E-state index in [9.17, 15) is 38.4 Å². The van der Waals surface area contributed by atoms with E-state index in [-0.39, 0.29) is 47.8 Å². The van der Waals surface area contributed by atoms with Gasteiger partial charge in [-0.1, -0.05) is 11.6 Å². The fraction of sp³-hybridized carbons (Fsp3) is 0.355. The largest absolute Gasteiger partial charge is 0.285 e. The number of rotatable bonds is 1. The average Bonchev–Trinajstić information content (AvgIpc) is 3.38. The Labute approximate surface area is 245 Å². The summed E-state index contributed by atoms with van der Waals surface area (Å²) < 4.78 is 0. The first-order valence-corrected chi connectivity index (χ1v) is 13.8. The third kappa shape index (κ3) is 3.81. The van der Waals surface area contributed by atoms with E-state index in [1.54, 1.807) is 0 Å². The standard InChI is InChI=1S/C16H10N2O4.C15H18N2O4/c1-17-13(19)7-3-5-9-12-10(16(22)18(2)15(9)21)6-4-8(11(7)12)14(17)20;1-7-4-8(9-6-11(18)16(2)13(9)19)5-10-12(7)15(21)17(3)14(10)20/h3-6H,1-2H3;4,8-10,12H,5-6H2,1-3H3. The van der Waals surface area contributed by atoms with Crippen LogP contribution in [0.1, 0.15) is 61.2 Å². The molecule has 8 amide bonds. The number of fused-ring (bicyclic) bond motifs is 1. The number of nitrogens with zero attached hydrogens (tertiary/aromatic N) is 4. The second-order valence-electron chi connectivity index (χ2n) is 11.6. The van der Waals surface area contributed by atoms with Crippen LogP contribution < -0.4 is 0 Å². The van der Waals surface area contributed by atoms with Crippen molar-refractivity contribution in [2.75, 3.05) is 28.2 Å². The molecule has 2 saturated heterocycles. The molecule has 0 N–H and O–H groups in total. The number of allylic oxidation sites excluding steroid dienone is 1. The molecular weight excluding hydrogens is 556 g/mol. The number of hydrogen-bond donors (Lipinski definition) is 0. The molecule has 2 aromatic carbocycles. The van der Waals surface area contributed by atoms with E-state index in [1.807, 2.05) is 13.0 Å². The SMILES string of the molecule is CC1=CC(C2CC(=O)N(C)C2=O)CC2C(=O)N(C)C(=O)C12.CN1C(=O)c2ccc3c4c(ccc(c24)C1=O)C(=O)N(C)C3=O. The van der Waals surface area contributed by atoms with E-state index >= 15 is 0 Å². The Morgan fingerprint density at radius 2 is 0.977 bits per heavy atom. The summed E-state index contributed by atoms with van der Waals surface area (Å²) in [6.45, 7) is 1.83. The van der Waals surface area contributed by atoms with Gasteiger partial charge in [0.05, 0.1) is 17.8 Å². The minimum absolute atomic E-state index is 0.143. The van der Waals surface area contributed by atoms with E-state index in [1.165, 1.54) is 57.4 Å². The molecule has 2 fully saturated rings. The second kappa shape index (κ2) is 9.51. The van der Waals surface area contributed by atoms with Gasteiger partial charge in [0, 0.05) is 67.6 Å². The molecule has 4 atom stereocenters. The predicted molar refractivity (Wildman–Crippen MR) is 149 cm³/mol. The highest BCUT2D eigenvalue weighted by molar-refractivity contribution is 6.33. The van der Waals surface area contributed by atoms with Crippen LogP contribution in [0, 0.1) is 23.7 Å². The van der Waals surface area contributed by atoms with E-state index in [4.69, 9.17) is 0 Å². The van der Waals surface area contributed by atoms with Gasteiger partial charge in [-0.25, -0.2) is 0 Å². The third-order valence-corrected chi connectivity index (χ3v) is 9.37. The fourth-order valence-corrected chi connectivity index (χ4v) is 6.95. The number of hydrogen-bond acceptors (Lipinski definition) is 8. The molecule has 7 rings (SSSR count). The Morgan fingerprint density at radius 3 is 1.37 bits per heavy atom. The van der Waals surface area contributed by atoms with Crippen LogP contribution in [0.15, 0.2) is 35.9 Å². The van der Waals surface area contributed by atoms with E-state index in [2.05, 4.69) is 0 Å². The summed E-state index contributed by atoms with van der Waals surface area (Å²) >= 11 is 0. The summed E-state index contributed by atoms with van der Waals surface area (Å²) in [5.41, 5.74) is 2.19. The van der Waals surface area contributed by atoms with Crippen molar-refractivity contribution in [3.8, 4) is 0 Å². The predicted octanol–water partition coefficient (Wildman–Crippen LogP) is 1.48. The van der Waals surface area contributed by atoms with Gasteiger partial charge < -0.3 is 0 Å². The monoisotopic (exact) mass is 584 g/mol. The molecule has 0 bridgehead atoms. The summed E-state index contributed by atoms with van der Waals surface area (Å²) in [5, 5.41) is 0.802. The summed E-state index contributed by atoms with van der Waals surface area (Å²) in [6, 6.07) is 6.16. The van der Waals surface area contributed by atoms with Crippen molar-refractivity contribution < 1.29 is 38.4 Å². The molecule has 220 valence electrons. The molecule has 12 heteroatoms. The highest BCUT2D eigenvalue weighted by atomic mass is 16.2. The van der Waals surface area contributed by atoms with Crippen molar-refractivity contribution >= 4 is 58.0 Å². The minimum atomic E-state index is -0.431. The molecule has 0 aromatic heterocycles. The molecule has 2 aromatic rings. The van der Waals surface area contributed by atoms with Gasteiger partial charge in [0.15, 0.2) is 0 Å². The Kier molecular flexibility index (Phi) is 6.22. The normalized spacial score (nSPS) is 26.4. The molecule has 0 radical (unpaired) electrons. The van der Waals surface area contributed by atoms with E-state index < -0.39 is 29.5 Å². The topological polar surface area (TPSA) is 150 Å². The van der Waals surface area contributed by atoms with Gasteiger partial charge in [0.2, 0.25) is 23.6 Å². The van der Waals surface area contributed by atoms with Crippen LogP contribution in [0.5, 0.6) is 0 Å². The minimum Gasteiger partial charge on any atom is -0.285 e. The van der Waals surface area contributed by atoms with E-state index in [0.29, 0.717) is 39.4 Å². The van der Waals surface area contributed by atoms with Crippen molar-refractivity contribution in [2.24, 2.45) is 23.7 Å². The van der Waals surface area contributed by atoms with Crippen molar-refractivity contribution in [1.29, 1.82) is 0 Å². The maximum atomic E-state index is 12.3. The Bertz CT molecular complexity index is 1640. The molecule has 5 aliphatic rings. The molecular formula is C31H28N4O8. The molecule has 4 aliphatic heterocycles. The van der Waals surface area contributed by atoms with Gasteiger partial charge in [-0.3, -0.25) is 58.0 Å². The van der Waals surface area contributed by atoms with Crippen LogP contribution in [0.3, 0.4) is 0 Å². The van der Waals surface area contributed by atoms with Gasteiger partial charge in [-0.15, -0.1) is 0 Å². The van der Waals surface area contributed by atoms with Crippen LogP contribution in [0.4, 0.5) is 0 Å². The Hall–Kier alpha value is -5.00. The smallest absolute Gasteiger partial charge is 0.261 e. The zero-order valence-electron chi connectivity index (χ0n) is 24.2. The first-order valence-electron chi connectivity index (χ1n) is 13.8. The van der Waals surface area contributed by atoms with Gasteiger partial charge in [-0.2, -0.15) is 0 Å². The summed E-state index contributed by atoms with van der Waals surface area (Å²) in [7, 11) is 5.82. The number of likely N-dealkylation sites (tertiary alicyclic amines) is 2. The Morgan fingerprint density at radius 1 is 0.558 bits per heavy atom. The number of imide groups is 4. The van der Waals surface area contributed by atoms with Crippen molar-refractivity contribution in [2.45, 2.75) is 19.8 Å². The first kappa shape index (κ1) is 28.1. The third-order valence-electron chi connectivity index (χ3n) is 9.37. The summed E-state index contributed by atoms with van der Waals surface area (Å²) in [5.74, 6) is -3.73. The zero-order chi connectivity index (χ0) is 31.2. The van der Waals surface area contributed by atoms with Crippen molar-refractivity contribution in [3.63, 3.8) is 0 Å². The van der Waals surface area contributed by atoms with Crippen molar-refractivity contribution in [3.05, 3.63) is 58.2 Å². The number of carbonyl (C=O) groups is 8. The molecule has 43 heavy (non-hydrogen) atoms. The zero-order valence-corrected chi connectivity index (χ0v) is 24.2. The molecule has 0 spiro atoms. The molecule has 1 aliphatic carbocycles. The number of carbonyl (C=O) groups excluding carboxylic acids is 8. The van der Waals surface area contributed by atoms with Crippen molar-refractivity contribution in [1.82, 2.24) is 19.6 Å². The molecule has 12 nitrogen and oxygen atoms in total. The lowest BCUT2D eigenvalue weighted by molar-refractivity contribution is -0.140. The molecule has 4 heterocycles. The highest BCUT2D eigenvalue weighted by Gasteiger charge is 2.52. The molecule has 4 unspecified atom stereocenters. The fourth-order valence-electron chi connectivity index (χ4n) is 6.95. The quantitative estimate of drug-likeness (QED) is 0.361. The van der Waals surface area contributed by atoms with Crippen LogP contribution in [-0.2, 0) is 19.2 Å². The number of benzene rings is 2. The lowest BCUT2D eigenvalue weighted by Gasteiger charge is -2.29. The first-order chi connectivity index (χ1) is 20.3. The summed E-state index contributed by atoms with van der Waals surface area (Å²) in [6.07, 6.45) is 2.58. The van der Waals surface area contributed by atoms with Crippen LogP contribution >= 0.6 is 0 Å². The van der Waals surface area contributed by atoms with Gasteiger partial charge in [0.25, 0.3) is 23.6 Å². The lowest BCUT2D eigenvalue weighted by atomic mass is 9.71. The maximum absolute atomic E-state index is 12.3.